The van der Waals surface area contributed by atoms with E-state index in [0.717, 1.165) is 21.6 Å². The number of carbonyl (C=O) groups excluding carboxylic acids is 1. The van der Waals surface area contributed by atoms with E-state index in [9.17, 15) is 4.79 Å². The molecule has 2 aromatic heterocycles. The normalized spacial score (nSPS) is 10.8. The van der Waals surface area contributed by atoms with E-state index in [2.05, 4.69) is 15.3 Å². The molecule has 0 bridgehead atoms. The smallest absolute Gasteiger partial charge is 0.238 e. The number of benzene rings is 2. The first-order valence-corrected chi connectivity index (χ1v) is 9.61. The van der Waals surface area contributed by atoms with Crippen LogP contribution in [0.3, 0.4) is 0 Å². The van der Waals surface area contributed by atoms with Crippen LogP contribution >= 0.6 is 11.3 Å². The average Bonchev–Trinajstić information content (AvgIpc) is 3.19. The zero-order valence-electron chi connectivity index (χ0n) is 14.9. The Bertz CT molecular complexity index is 1020. The first-order valence-electron chi connectivity index (χ1n) is 8.79. The van der Waals surface area contributed by atoms with Crippen LogP contribution in [0.5, 0.6) is 0 Å². The molecule has 3 N–H and O–H groups in total. The van der Waals surface area contributed by atoms with E-state index in [-0.39, 0.29) is 5.91 Å². The number of hydrogen-bond donors (Lipinski definition) is 2. The Morgan fingerprint density at radius 1 is 0.857 bits per heavy atom. The fraction of sp³-hybridized carbons (Fsp3) is 0.0455. The van der Waals surface area contributed by atoms with E-state index in [0.29, 0.717) is 10.9 Å². The molecule has 4 aromatic rings. The second-order valence-corrected chi connectivity index (χ2v) is 7.28. The van der Waals surface area contributed by atoms with E-state index >= 15 is 0 Å². The van der Waals surface area contributed by atoms with Crippen molar-refractivity contribution in [3.63, 3.8) is 0 Å². The Labute approximate surface area is 166 Å². The summed E-state index contributed by atoms with van der Waals surface area (Å²) in [7, 11) is 0. The maximum Gasteiger partial charge on any atom is 0.238 e. The van der Waals surface area contributed by atoms with Gasteiger partial charge in [-0.05, 0) is 23.3 Å². The molecule has 0 aliphatic carbocycles. The molecular weight excluding hydrogens is 368 g/mol. The van der Waals surface area contributed by atoms with Gasteiger partial charge in [0.15, 0.2) is 5.13 Å². The molecule has 2 aromatic carbocycles. The van der Waals surface area contributed by atoms with Crippen molar-refractivity contribution in [2.45, 2.75) is 5.92 Å². The number of nitrogens with one attached hydrogen (secondary N) is 1. The van der Waals surface area contributed by atoms with Crippen LogP contribution in [0.4, 0.5) is 10.9 Å². The average molecular weight is 386 g/mol. The maximum absolute atomic E-state index is 13.1. The van der Waals surface area contributed by atoms with Gasteiger partial charge < -0.3 is 11.1 Å². The molecule has 5 nitrogen and oxygen atoms in total. The van der Waals surface area contributed by atoms with Crippen molar-refractivity contribution < 1.29 is 4.79 Å². The summed E-state index contributed by atoms with van der Waals surface area (Å²) in [4.78, 5) is 22.5. The number of hydrogen-bond acceptors (Lipinski definition) is 5. The van der Waals surface area contributed by atoms with Crippen molar-refractivity contribution in [3.8, 4) is 10.4 Å². The van der Waals surface area contributed by atoms with Gasteiger partial charge in [0.1, 0.15) is 5.82 Å². The third kappa shape index (κ3) is 3.92. The Hall–Kier alpha value is -3.51. The summed E-state index contributed by atoms with van der Waals surface area (Å²) in [6, 6.07) is 23.1. The molecule has 28 heavy (non-hydrogen) atoms. The number of amides is 1. The van der Waals surface area contributed by atoms with Gasteiger partial charge in [0.25, 0.3) is 0 Å². The molecule has 0 saturated heterocycles. The molecular formula is C22H18N4OS. The number of nitrogens with zero attached hydrogens (tertiary/aromatic N) is 2. The molecule has 0 spiro atoms. The maximum atomic E-state index is 13.1. The number of aromatic nitrogens is 2. The Morgan fingerprint density at radius 3 is 2.07 bits per heavy atom. The predicted molar refractivity (Wildman–Crippen MR) is 113 cm³/mol. The van der Waals surface area contributed by atoms with Gasteiger partial charge in [-0.1, -0.05) is 72.0 Å². The van der Waals surface area contributed by atoms with Crippen LogP contribution < -0.4 is 11.1 Å². The van der Waals surface area contributed by atoms with Crippen molar-refractivity contribution in [1.82, 2.24) is 9.97 Å². The van der Waals surface area contributed by atoms with Crippen molar-refractivity contribution in [2.24, 2.45) is 0 Å². The van der Waals surface area contributed by atoms with Crippen molar-refractivity contribution in [2.75, 3.05) is 11.1 Å². The molecule has 0 fully saturated rings. The molecule has 0 radical (unpaired) electrons. The third-order valence-corrected chi connectivity index (χ3v) is 5.30. The highest BCUT2D eigenvalue weighted by Gasteiger charge is 2.23. The molecule has 0 aliphatic rings. The van der Waals surface area contributed by atoms with Gasteiger partial charge in [-0.25, -0.2) is 9.97 Å². The number of anilines is 2. The van der Waals surface area contributed by atoms with E-state index in [1.165, 1.54) is 11.3 Å². The highest BCUT2D eigenvalue weighted by molar-refractivity contribution is 7.19. The van der Waals surface area contributed by atoms with Crippen LogP contribution in [0.25, 0.3) is 10.4 Å². The minimum atomic E-state index is -0.409. The van der Waals surface area contributed by atoms with Gasteiger partial charge in [-0.15, -0.1) is 0 Å². The van der Waals surface area contributed by atoms with E-state index in [4.69, 9.17) is 5.73 Å². The highest BCUT2D eigenvalue weighted by Crippen LogP contribution is 2.31. The van der Waals surface area contributed by atoms with Gasteiger partial charge in [0.05, 0.1) is 10.8 Å². The summed E-state index contributed by atoms with van der Waals surface area (Å²) in [6.45, 7) is 0. The molecule has 6 heteroatoms. The molecule has 0 atom stereocenters. The lowest BCUT2D eigenvalue weighted by molar-refractivity contribution is -0.116. The largest absolute Gasteiger partial charge is 0.384 e. The SMILES string of the molecule is Nc1ccc(-c2cnc(NC(=O)C(c3ccccc3)c3ccccc3)s2)cn1. The first kappa shape index (κ1) is 17.9. The van der Waals surface area contributed by atoms with Crippen LogP contribution in [-0.2, 0) is 4.79 Å². The topological polar surface area (TPSA) is 80.9 Å². The quantitative estimate of drug-likeness (QED) is 0.527. The molecule has 138 valence electrons. The van der Waals surface area contributed by atoms with Crippen molar-refractivity contribution in [3.05, 3.63) is 96.3 Å². The molecule has 0 saturated carbocycles. The minimum absolute atomic E-state index is 0.117. The lowest BCUT2D eigenvalue weighted by atomic mass is 9.90. The van der Waals surface area contributed by atoms with Crippen molar-refractivity contribution >= 4 is 28.2 Å². The van der Waals surface area contributed by atoms with Crippen molar-refractivity contribution in [1.29, 1.82) is 0 Å². The Balaban J connectivity index is 1.59. The van der Waals surface area contributed by atoms with Gasteiger partial charge in [0.2, 0.25) is 5.91 Å². The summed E-state index contributed by atoms with van der Waals surface area (Å²) in [5.74, 6) is -0.0583. The van der Waals surface area contributed by atoms with Gasteiger partial charge in [-0.2, -0.15) is 0 Å². The van der Waals surface area contributed by atoms with Gasteiger partial charge in [0, 0.05) is 18.0 Å². The summed E-state index contributed by atoms with van der Waals surface area (Å²) in [6.07, 6.45) is 3.43. The van der Waals surface area contributed by atoms with Crippen LogP contribution in [0.1, 0.15) is 17.0 Å². The van der Waals surface area contributed by atoms with E-state index in [1.807, 2.05) is 66.7 Å². The first-order chi connectivity index (χ1) is 13.7. The third-order valence-electron chi connectivity index (χ3n) is 4.33. The number of pyridine rings is 1. The van der Waals surface area contributed by atoms with Crippen LogP contribution in [0.15, 0.2) is 85.2 Å². The van der Waals surface area contributed by atoms with E-state index in [1.54, 1.807) is 18.5 Å². The zero-order valence-corrected chi connectivity index (χ0v) is 15.8. The monoisotopic (exact) mass is 386 g/mol. The van der Waals surface area contributed by atoms with Crippen LogP contribution in [0.2, 0.25) is 0 Å². The molecule has 0 aliphatic heterocycles. The Morgan fingerprint density at radius 2 is 1.50 bits per heavy atom. The van der Waals surface area contributed by atoms with Gasteiger partial charge in [-0.3, -0.25) is 4.79 Å². The second-order valence-electron chi connectivity index (χ2n) is 6.25. The van der Waals surface area contributed by atoms with Crippen LogP contribution in [-0.4, -0.2) is 15.9 Å². The van der Waals surface area contributed by atoms with Crippen LogP contribution in [0, 0.1) is 0 Å². The predicted octanol–water partition coefficient (Wildman–Crippen LogP) is 4.56. The molecule has 1 amide bonds. The van der Waals surface area contributed by atoms with E-state index < -0.39 is 5.92 Å². The number of thiazole rings is 1. The lowest BCUT2D eigenvalue weighted by Gasteiger charge is -2.17. The second kappa shape index (κ2) is 8.02. The summed E-state index contributed by atoms with van der Waals surface area (Å²) in [5, 5.41) is 3.51. The fourth-order valence-corrected chi connectivity index (χ4v) is 3.79. The number of nitrogen functional groups attached to an aromatic ring is 1. The summed E-state index contributed by atoms with van der Waals surface area (Å²) < 4.78 is 0. The fourth-order valence-electron chi connectivity index (χ4n) is 2.98. The molecule has 4 rings (SSSR count). The number of rotatable bonds is 5. The number of carbonyl (C=O) groups is 1. The summed E-state index contributed by atoms with van der Waals surface area (Å²) >= 11 is 1.40. The van der Waals surface area contributed by atoms with Gasteiger partial charge >= 0.3 is 0 Å². The minimum Gasteiger partial charge on any atom is -0.384 e. The standard InChI is InChI=1S/C22H18N4OS/c23-19-12-11-17(13-24-19)18-14-25-22(28-18)26-21(27)20(15-7-3-1-4-8-15)16-9-5-2-6-10-16/h1-14,20H,(H2,23,24)(H,25,26,27). The molecule has 2 heterocycles. The number of nitrogens with two attached hydrogens (primary N) is 1. The summed E-state index contributed by atoms with van der Waals surface area (Å²) in [5.41, 5.74) is 8.42. The Kier molecular flexibility index (Phi) is 5.12. The molecule has 0 unspecified atom stereocenters. The zero-order chi connectivity index (χ0) is 19.3. The lowest BCUT2D eigenvalue weighted by Crippen LogP contribution is -2.22. The highest BCUT2D eigenvalue weighted by atomic mass is 32.1.